The third-order valence-electron chi connectivity index (χ3n) is 2.65. The summed E-state index contributed by atoms with van der Waals surface area (Å²) in [7, 11) is 2.94. The Bertz CT molecular complexity index is 606. The van der Waals surface area contributed by atoms with Crippen molar-refractivity contribution in [3.8, 4) is 17.2 Å². The van der Waals surface area contributed by atoms with Crippen LogP contribution in [-0.2, 0) is 0 Å². The summed E-state index contributed by atoms with van der Waals surface area (Å²) in [5.41, 5.74) is 0.352. The van der Waals surface area contributed by atoms with Gasteiger partial charge in [-0.3, -0.25) is 5.32 Å². The molecule has 0 atom stereocenters. The second kappa shape index (κ2) is 6.85. The number of amides is 1. The first-order valence-electron chi connectivity index (χ1n) is 6.09. The number of ether oxygens (including phenoxy) is 3. The molecule has 0 aliphatic rings. The molecule has 6 heteroatoms. The first-order chi connectivity index (χ1) is 10.1. The normalized spacial score (nSPS) is 9.86. The fourth-order valence-electron chi connectivity index (χ4n) is 1.73. The molecule has 0 aliphatic heterocycles. The van der Waals surface area contributed by atoms with Gasteiger partial charge in [-0.2, -0.15) is 0 Å². The Kier molecular flexibility index (Phi) is 4.90. The highest BCUT2D eigenvalue weighted by Gasteiger charge is 2.16. The zero-order chi connectivity index (χ0) is 15.2. The van der Waals surface area contributed by atoms with Gasteiger partial charge in [0.2, 0.25) is 0 Å². The van der Waals surface area contributed by atoms with Gasteiger partial charge in [0.05, 0.1) is 14.2 Å². The van der Waals surface area contributed by atoms with Crippen LogP contribution in [0.3, 0.4) is 0 Å². The zero-order valence-corrected chi connectivity index (χ0v) is 12.3. The Morgan fingerprint density at radius 1 is 1.05 bits per heavy atom. The Balaban J connectivity index is 2.20. The van der Waals surface area contributed by atoms with Gasteiger partial charge >= 0.3 is 6.09 Å². The largest absolute Gasteiger partial charge is 0.494 e. The van der Waals surface area contributed by atoms with Crippen molar-refractivity contribution in [3.63, 3.8) is 0 Å². The van der Waals surface area contributed by atoms with Gasteiger partial charge in [-0.05, 0) is 12.1 Å². The summed E-state index contributed by atoms with van der Waals surface area (Å²) in [4.78, 5) is 11.9. The number of hydrogen-bond donors (Lipinski definition) is 1. The molecule has 0 bridgehead atoms. The number of rotatable bonds is 4. The number of carbonyl (C=O) groups excluding carboxylic acids is 1. The number of methoxy groups -OCH3 is 2. The fraction of sp³-hybridized carbons (Fsp3) is 0.133. The lowest BCUT2D eigenvalue weighted by molar-refractivity contribution is 0.215. The Morgan fingerprint density at radius 3 is 2.14 bits per heavy atom. The molecule has 0 aromatic heterocycles. The molecule has 2 aromatic rings. The lowest BCUT2D eigenvalue weighted by atomic mass is 10.2. The van der Waals surface area contributed by atoms with Crippen LogP contribution in [0.25, 0.3) is 0 Å². The molecule has 0 spiro atoms. The minimum Gasteiger partial charge on any atom is -0.494 e. The molecule has 0 saturated carbocycles. The molecular formula is C15H14ClNO4. The van der Waals surface area contributed by atoms with E-state index in [-0.39, 0.29) is 0 Å². The van der Waals surface area contributed by atoms with Crippen LogP contribution in [0, 0.1) is 0 Å². The highest BCUT2D eigenvalue weighted by Crippen LogP contribution is 2.37. The number of anilines is 1. The predicted molar refractivity (Wildman–Crippen MR) is 80.6 cm³/mol. The topological polar surface area (TPSA) is 56.8 Å². The van der Waals surface area contributed by atoms with Crippen molar-refractivity contribution in [2.75, 3.05) is 19.5 Å². The highest BCUT2D eigenvalue weighted by molar-refractivity contribution is 6.31. The van der Waals surface area contributed by atoms with E-state index in [9.17, 15) is 4.79 Å². The van der Waals surface area contributed by atoms with Gasteiger partial charge in [0.15, 0.2) is 0 Å². The van der Waals surface area contributed by atoms with Crippen molar-refractivity contribution in [1.82, 2.24) is 0 Å². The Labute approximate surface area is 127 Å². The van der Waals surface area contributed by atoms with Gasteiger partial charge in [0.1, 0.15) is 22.9 Å². The molecule has 1 N–H and O–H groups in total. The van der Waals surface area contributed by atoms with E-state index in [0.717, 1.165) is 0 Å². The van der Waals surface area contributed by atoms with Crippen LogP contribution in [0.15, 0.2) is 42.5 Å². The quantitative estimate of drug-likeness (QED) is 0.928. The molecule has 5 nitrogen and oxygen atoms in total. The van der Waals surface area contributed by atoms with Crippen LogP contribution < -0.4 is 19.5 Å². The van der Waals surface area contributed by atoms with Crippen LogP contribution in [0.5, 0.6) is 17.2 Å². The summed E-state index contributed by atoms with van der Waals surface area (Å²) in [6.07, 6.45) is -0.653. The van der Waals surface area contributed by atoms with Gasteiger partial charge in [0.25, 0.3) is 0 Å². The van der Waals surface area contributed by atoms with Crippen molar-refractivity contribution in [1.29, 1.82) is 0 Å². The number of nitrogens with one attached hydrogen (secondary N) is 1. The maximum atomic E-state index is 11.9. The standard InChI is InChI=1S/C15H14ClNO4/c1-19-12-8-10(16)9-13(20-2)14(12)17-15(18)21-11-6-4-3-5-7-11/h3-9H,1-2H3,(H,17,18). The van der Waals surface area contributed by atoms with E-state index in [4.69, 9.17) is 25.8 Å². The smallest absolute Gasteiger partial charge is 0.417 e. The fourth-order valence-corrected chi connectivity index (χ4v) is 1.92. The molecule has 110 valence electrons. The second-order valence-corrected chi connectivity index (χ2v) is 4.45. The number of benzene rings is 2. The first kappa shape index (κ1) is 15.0. The molecule has 0 aliphatic carbocycles. The number of halogens is 1. The highest BCUT2D eigenvalue weighted by atomic mass is 35.5. The molecule has 0 fully saturated rings. The lowest BCUT2D eigenvalue weighted by Gasteiger charge is -2.14. The van der Waals surface area contributed by atoms with Crippen molar-refractivity contribution >= 4 is 23.4 Å². The minimum atomic E-state index is -0.653. The van der Waals surface area contributed by atoms with Crippen molar-refractivity contribution in [3.05, 3.63) is 47.5 Å². The monoisotopic (exact) mass is 307 g/mol. The van der Waals surface area contributed by atoms with Crippen LogP contribution in [0.4, 0.5) is 10.5 Å². The van der Waals surface area contributed by atoms with E-state index in [2.05, 4.69) is 5.32 Å². The minimum absolute atomic E-state index is 0.352. The SMILES string of the molecule is COc1cc(Cl)cc(OC)c1NC(=O)Oc1ccccc1. The summed E-state index contributed by atoms with van der Waals surface area (Å²) in [6.45, 7) is 0. The van der Waals surface area contributed by atoms with E-state index in [1.54, 1.807) is 36.4 Å². The molecule has 0 radical (unpaired) electrons. The zero-order valence-electron chi connectivity index (χ0n) is 11.6. The van der Waals surface area contributed by atoms with Gasteiger partial charge in [-0.1, -0.05) is 29.8 Å². The molecule has 0 unspecified atom stereocenters. The third kappa shape index (κ3) is 3.79. The van der Waals surface area contributed by atoms with Gasteiger partial charge in [-0.15, -0.1) is 0 Å². The summed E-state index contributed by atoms with van der Waals surface area (Å²) in [6, 6.07) is 11.9. The number of para-hydroxylation sites is 1. The third-order valence-corrected chi connectivity index (χ3v) is 2.87. The molecule has 2 aromatic carbocycles. The average molecular weight is 308 g/mol. The first-order valence-corrected chi connectivity index (χ1v) is 6.47. The Morgan fingerprint density at radius 2 is 1.62 bits per heavy atom. The van der Waals surface area contributed by atoms with E-state index in [0.29, 0.717) is 28.0 Å². The van der Waals surface area contributed by atoms with Gasteiger partial charge < -0.3 is 14.2 Å². The van der Waals surface area contributed by atoms with Crippen LogP contribution in [-0.4, -0.2) is 20.3 Å². The molecule has 2 rings (SSSR count). The maximum absolute atomic E-state index is 11.9. The van der Waals surface area contributed by atoms with Crippen molar-refractivity contribution < 1.29 is 19.0 Å². The van der Waals surface area contributed by atoms with E-state index >= 15 is 0 Å². The number of hydrogen-bond acceptors (Lipinski definition) is 4. The Hall–Kier alpha value is -2.40. The van der Waals surface area contributed by atoms with Crippen LogP contribution in [0.2, 0.25) is 5.02 Å². The van der Waals surface area contributed by atoms with Gasteiger partial charge in [0, 0.05) is 17.2 Å². The molecule has 1 amide bonds. The molecule has 21 heavy (non-hydrogen) atoms. The lowest BCUT2D eigenvalue weighted by Crippen LogP contribution is -2.17. The second-order valence-electron chi connectivity index (χ2n) is 4.01. The predicted octanol–water partition coefficient (Wildman–Crippen LogP) is 3.97. The summed E-state index contributed by atoms with van der Waals surface area (Å²) in [5, 5.41) is 3.02. The summed E-state index contributed by atoms with van der Waals surface area (Å²) >= 11 is 5.94. The maximum Gasteiger partial charge on any atom is 0.417 e. The van der Waals surface area contributed by atoms with E-state index in [1.807, 2.05) is 6.07 Å². The van der Waals surface area contributed by atoms with Crippen LogP contribution >= 0.6 is 11.6 Å². The number of carbonyl (C=O) groups is 1. The van der Waals surface area contributed by atoms with Crippen LogP contribution in [0.1, 0.15) is 0 Å². The molecular weight excluding hydrogens is 294 g/mol. The summed E-state index contributed by atoms with van der Waals surface area (Å²) < 4.78 is 15.5. The van der Waals surface area contributed by atoms with Crippen molar-refractivity contribution in [2.24, 2.45) is 0 Å². The summed E-state index contributed by atoms with van der Waals surface area (Å²) in [5.74, 6) is 1.19. The average Bonchev–Trinajstić information content (AvgIpc) is 2.49. The molecule has 0 saturated heterocycles. The van der Waals surface area contributed by atoms with Crippen molar-refractivity contribution in [2.45, 2.75) is 0 Å². The van der Waals surface area contributed by atoms with Gasteiger partial charge in [-0.25, -0.2) is 4.79 Å². The molecule has 0 heterocycles. The van der Waals surface area contributed by atoms with E-state index in [1.165, 1.54) is 14.2 Å². The van der Waals surface area contributed by atoms with E-state index < -0.39 is 6.09 Å².